The van der Waals surface area contributed by atoms with Crippen LogP contribution in [0.2, 0.25) is 0 Å². The zero-order valence-corrected chi connectivity index (χ0v) is 27.8. The van der Waals surface area contributed by atoms with Crippen LogP contribution in [0.5, 0.6) is 0 Å². The van der Waals surface area contributed by atoms with Crippen LogP contribution in [0.15, 0.2) is 21.9 Å². The molecule has 0 spiro atoms. The van der Waals surface area contributed by atoms with Crippen molar-refractivity contribution in [2.75, 3.05) is 34.3 Å². The van der Waals surface area contributed by atoms with E-state index in [9.17, 15) is 14.4 Å². The first kappa shape index (κ1) is 39.4. The number of carbonyl (C=O) groups is 1. The van der Waals surface area contributed by atoms with Gasteiger partial charge in [-0.1, -0.05) is 90.4 Å². The summed E-state index contributed by atoms with van der Waals surface area (Å²) in [5.74, 6) is -0.297. The second kappa shape index (κ2) is 22.9. The number of hydrogen-bond acceptors (Lipinski definition) is 5. The zero-order valence-electron chi connectivity index (χ0n) is 27.0. The normalized spacial score (nSPS) is 13.0. The minimum absolute atomic E-state index is 0. The number of unbranched alkanes of at least 4 members (excludes halogenated alkanes) is 12. The minimum atomic E-state index is -0.310. The fourth-order valence-electron chi connectivity index (χ4n) is 4.96. The Morgan fingerprint density at radius 2 is 1.39 bits per heavy atom. The molecule has 1 aromatic rings. The van der Waals surface area contributed by atoms with Crippen molar-refractivity contribution in [1.29, 1.82) is 0 Å². The van der Waals surface area contributed by atoms with Crippen molar-refractivity contribution < 1.29 is 31.2 Å². The molecule has 0 fully saturated rings. The van der Waals surface area contributed by atoms with Gasteiger partial charge in [-0.2, -0.15) is 0 Å². The molecule has 0 radical (unpaired) electrons. The zero-order chi connectivity index (χ0) is 29.8. The maximum absolute atomic E-state index is 12.8. The summed E-state index contributed by atoms with van der Waals surface area (Å²) in [6.07, 6.45) is 19.6. The quantitative estimate of drug-likeness (QED) is 0.103. The van der Waals surface area contributed by atoms with Crippen molar-refractivity contribution in [3.63, 3.8) is 0 Å². The third kappa shape index (κ3) is 19.2. The van der Waals surface area contributed by atoms with Gasteiger partial charge in [0.2, 0.25) is 0 Å². The number of carbonyl (C=O) groups excluding carboxylic acids is 1. The van der Waals surface area contributed by atoms with E-state index < -0.39 is 0 Å². The van der Waals surface area contributed by atoms with Crippen molar-refractivity contribution in [1.82, 2.24) is 9.13 Å². The summed E-state index contributed by atoms with van der Waals surface area (Å²) >= 11 is 0. The van der Waals surface area contributed by atoms with E-state index in [4.69, 9.17) is 9.47 Å². The maximum Gasteiger partial charge on any atom is 0.331 e. The second-order valence-corrected chi connectivity index (χ2v) is 12.4. The van der Waals surface area contributed by atoms with E-state index >= 15 is 0 Å². The smallest absolute Gasteiger partial charge is 0.331 e. The highest BCUT2D eigenvalue weighted by atomic mass is 35.5. The molecule has 9 heteroatoms. The number of aryl methyl sites for hydroxylation is 1. The lowest BCUT2D eigenvalue weighted by Crippen LogP contribution is -3.00. The Balaban J connectivity index is 0.0000160. The van der Waals surface area contributed by atoms with E-state index in [1.54, 1.807) is 10.8 Å². The highest BCUT2D eigenvalue weighted by Gasteiger charge is 2.20. The number of halogens is 1. The topological polar surface area (TPSA) is 79.5 Å². The van der Waals surface area contributed by atoms with Crippen LogP contribution in [-0.4, -0.2) is 66.1 Å². The summed E-state index contributed by atoms with van der Waals surface area (Å²) in [6.45, 7) is 7.59. The van der Waals surface area contributed by atoms with Gasteiger partial charge in [0.25, 0.3) is 5.56 Å². The first-order valence-electron chi connectivity index (χ1n) is 15.9. The molecule has 240 valence electrons. The molecule has 8 nitrogen and oxygen atoms in total. The van der Waals surface area contributed by atoms with Crippen LogP contribution < -0.4 is 23.7 Å². The number of aromatic nitrogens is 2. The molecule has 1 heterocycles. The van der Waals surface area contributed by atoms with E-state index in [0.29, 0.717) is 37.1 Å². The Bertz CT molecular complexity index is 925. The molecule has 0 aliphatic heterocycles. The molecule has 1 rings (SSSR count). The van der Waals surface area contributed by atoms with Crippen LogP contribution in [0.1, 0.15) is 117 Å². The highest BCUT2D eigenvalue weighted by Crippen LogP contribution is 2.17. The number of esters is 1. The van der Waals surface area contributed by atoms with Gasteiger partial charge < -0.3 is 30.9 Å². The molecule has 0 aliphatic carbocycles. The fraction of sp³-hybridized carbons (Fsp3) is 0.844. The Labute approximate surface area is 255 Å². The summed E-state index contributed by atoms with van der Waals surface area (Å²) in [7, 11) is 6.11. The van der Waals surface area contributed by atoms with Gasteiger partial charge in [0.05, 0.1) is 40.3 Å². The predicted octanol–water partition coefficient (Wildman–Crippen LogP) is 2.93. The molecule has 0 amide bonds. The summed E-state index contributed by atoms with van der Waals surface area (Å²) < 4.78 is 15.2. The molecular weight excluding hydrogens is 542 g/mol. The van der Waals surface area contributed by atoms with E-state index in [2.05, 4.69) is 6.92 Å². The summed E-state index contributed by atoms with van der Waals surface area (Å²) in [4.78, 5) is 36.6. The molecule has 1 aromatic heterocycles. The maximum atomic E-state index is 12.8. The number of likely N-dealkylation sites (N-methyl/N-ethyl adjacent to an activating group) is 1. The van der Waals surface area contributed by atoms with Crippen LogP contribution in [0.3, 0.4) is 0 Å². The van der Waals surface area contributed by atoms with Gasteiger partial charge in [0, 0.05) is 32.3 Å². The van der Waals surface area contributed by atoms with Crippen LogP contribution in [0.4, 0.5) is 0 Å². The third-order valence-electron chi connectivity index (χ3n) is 7.48. The Kier molecular flexibility index (Phi) is 22.0. The molecule has 2 unspecified atom stereocenters. The lowest BCUT2D eigenvalue weighted by atomic mass is 10.0. The Hall–Kier alpha value is -1.64. The SMILES string of the molecule is CCCCCCCCCCCCCCCC(OCCCn1ccc(=O)n(CC[N+](C)(C)C)c1=O)C(C)OC(C)=O.[Cl-]. The van der Waals surface area contributed by atoms with Crippen molar-refractivity contribution >= 4 is 5.97 Å². The first-order chi connectivity index (χ1) is 19.0. The molecular formula is C32H60ClN3O5. The third-order valence-corrected chi connectivity index (χ3v) is 7.48. The molecule has 0 aromatic carbocycles. The molecule has 0 bridgehead atoms. The van der Waals surface area contributed by atoms with Gasteiger partial charge in [-0.05, 0) is 19.8 Å². The van der Waals surface area contributed by atoms with Gasteiger partial charge >= 0.3 is 11.7 Å². The molecule has 0 saturated carbocycles. The van der Waals surface area contributed by atoms with Crippen molar-refractivity contribution in [2.45, 2.75) is 142 Å². The lowest BCUT2D eigenvalue weighted by Gasteiger charge is -2.24. The Morgan fingerprint density at radius 3 is 1.90 bits per heavy atom. The van der Waals surface area contributed by atoms with E-state index in [0.717, 1.165) is 19.3 Å². The van der Waals surface area contributed by atoms with E-state index in [1.165, 1.54) is 88.2 Å². The minimum Gasteiger partial charge on any atom is -1.00 e. The molecule has 0 N–H and O–H groups in total. The number of rotatable bonds is 24. The average Bonchev–Trinajstić information content (AvgIpc) is 2.87. The van der Waals surface area contributed by atoms with E-state index in [1.807, 2.05) is 28.1 Å². The molecule has 0 aliphatic rings. The fourth-order valence-corrected chi connectivity index (χ4v) is 4.96. The number of quaternary nitrogens is 1. The van der Waals surface area contributed by atoms with Crippen molar-refractivity contribution in [2.24, 2.45) is 0 Å². The van der Waals surface area contributed by atoms with Gasteiger partial charge in [0.15, 0.2) is 0 Å². The number of nitrogens with zero attached hydrogens (tertiary/aromatic N) is 3. The predicted molar refractivity (Wildman–Crippen MR) is 164 cm³/mol. The Morgan fingerprint density at radius 1 is 0.854 bits per heavy atom. The molecule has 0 saturated heterocycles. The number of ether oxygens (including phenoxy) is 2. The number of hydrogen-bond donors (Lipinski definition) is 0. The molecule has 2 atom stereocenters. The van der Waals surface area contributed by atoms with Gasteiger partial charge in [-0.15, -0.1) is 0 Å². The van der Waals surface area contributed by atoms with Crippen molar-refractivity contribution in [3.05, 3.63) is 33.1 Å². The summed E-state index contributed by atoms with van der Waals surface area (Å²) in [6, 6.07) is 1.46. The lowest BCUT2D eigenvalue weighted by molar-refractivity contribution is -0.871. The van der Waals surface area contributed by atoms with Crippen LogP contribution in [-0.2, 0) is 27.4 Å². The van der Waals surface area contributed by atoms with Crippen LogP contribution >= 0.6 is 0 Å². The highest BCUT2D eigenvalue weighted by molar-refractivity contribution is 5.66. The van der Waals surface area contributed by atoms with Crippen molar-refractivity contribution in [3.8, 4) is 0 Å². The molecule has 41 heavy (non-hydrogen) atoms. The van der Waals surface area contributed by atoms with E-state index in [-0.39, 0.29) is 41.8 Å². The largest absolute Gasteiger partial charge is 1.00 e. The standard InChI is InChI=1S/C32H60N3O5.ClH/c1-7-8-9-10-11-12-13-14-15-16-17-18-19-21-30(28(2)40-29(3)36)39-27-20-23-33-24-22-31(37)34(32(33)38)25-26-35(4,5)6;/h22,24,28,30H,7-21,23,25-27H2,1-6H3;1H/q+1;/p-1. The summed E-state index contributed by atoms with van der Waals surface area (Å²) in [5, 5.41) is 0. The monoisotopic (exact) mass is 601 g/mol. The van der Waals surface area contributed by atoms with Gasteiger partial charge in [-0.25, -0.2) is 4.79 Å². The average molecular weight is 602 g/mol. The van der Waals surface area contributed by atoms with Crippen LogP contribution in [0.25, 0.3) is 0 Å². The van der Waals surface area contributed by atoms with Crippen LogP contribution in [0, 0.1) is 0 Å². The van der Waals surface area contributed by atoms with Gasteiger partial charge in [0.1, 0.15) is 6.10 Å². The first-order valence-corrected chi connectivity index (χ1v) is 15.9. The summed E-state index contributed by atoms with van der Waals surface area (Å²) in [5.41, 5.74) is -0.545. The second-order valence-electron chi connectivity index (χ2n) is 12.4. The van der Waals surface area contributed by atoms with Gasteiger partial charge in [-0.3, -0.25) is 14.2 Å².